The van der Waals surface area contributed by atoms with Crippen LogP contribution >= 0.6 is 11.6 Å². The number of hydrogen-bond acceptors (Lipinski definition) is 3. The van der Waals surface area contributed by atoms with Crippen molar-refractivity contribution in [1.29, 1.82) is 0 Å². The standard InChI is InChI=1S/C15H22ClNO3S/c1-10(2)14(12-8-6-7-9-13(12)16)17(4)15(18)11(3)21(5,19)20/h6-11,14H,1-5H3/t11-,14-/m1/s1. The summed E-state index contributed by atoms with van der Waals surface area (Å²) in [5.74, 6) is -0.318. The van der Waals surface area contributed by atoms with Crippen LogP contribution in [0.2, 0.25) is 5.02 Å². The van der Waals surface area contributed by atoms with E-state index in [1.165, 1.54) is 11.8 Å². The van der Waals surface area contributed by atoms with Gasteiger partial charge in [-0.3, -0.25) is 4.79 Å². The van der Waals surface area contributed by atoms with Gasteiger partial charge in [0.25, 0.3) is 0 Å². The van der Waals surface area contributed by atoms with Crippen LogP contribution in [0.4, 0.5) is 0 Å². The quantitative estimate of drug-likeness (QED) is 0.833. The number of rotatable bonds is 5. The number of nitrogens with zero attached hydrogens (tertiary/aromatic N) is 1. The molecule has 0 unspecified atom stereocenters. The van der Waals surface area contributed by atoms with Gasteiger partial charge in [0.1, 0.15) is 5.25 Å². The molecule has 0 spiro atoms. The van der Waals surface area contributed by atoms with Crippen LogP contribution in [0.5, 0.6) is 0 Å². The topological polar surface area (TPSA) is 54.5 Å². The van der Waals surface area contributed by atoms with E-state index < -0.39 is 21.0 Å². The van der Waals surface area contributed by atoms with Crippen molar-refractivity contribution in [2.24, 2.45) is 5.92 Å². The molecule has 1 aromatic carbocycles. The fourth-order valence-electron chi connectivity index (χ4n) is 2.34. The second-order valence-corrected chi connectivity index (χ2v) is 8.40. The highest BCUT2D eigenvalue weighted by Crippen LogP contribution is 2.33. The first-order chi connectivity index (χ1) is 9.57. The molecule has 0 N–H and O–H groups in total. The van der Waals surface area contributed by atoms with Crippen molar-refractivity contribution in [2.45, 2.75) is 32.1 Å². The van der Waals surface area contributed by atoms with Gasteiger partial charge in [-0.05, 0) is 24.5 Å². The number of amides is 1. The highest BCUT2D eigenvalue weighted by atomic mass is 35.5. The summed E-state index contributed by atoms with van der Waals surface area (Å²) in [5, 5.41) is -0.492. The number of benzene rings is 1. The van der Waals surface area contributed by atoms with Crippen molar-refractivity contribution >= 4 is 27.3 Å². The minimum atomic E-state index is -3.42. The molecule has 118 valence electrons. The number of carbonyl (C=O) groups is 1. The van der Waals surface area contributed by atoms with Crippen molar-refractivity contribution < 1.29 is 13.2 Å². The lowest BCUT2D eigenvalue weighted by Crippen LogP contribution is -2.42. The van der Waals surface area contributed by atoms with Crippen LogP contribution in [-0.2, 0) is 14.6 Å². The Hall–Kier alpha value is -1.07. The summed E-state index contributed by atoms with van der Waals surface area (Å²) in [4.78, 5) is 13.9. The molecule has 1 aromatic rings. The first-order valence-electron chi connectivity index (χ1n) is 6.77. The van der Waals surface area contributed by atoms with E-state index in [-0.39, 0.29) is 12.0 Å². The summed E-state index contributed by atoms with van der Waals surface area (Å²) in [5.41, 5.74) is 0.825. The van der Waals surface area contributed by atoms with E-state index in [0.717, 1.165) is 11.8 Å². The van der Waals surface area contributed by atoms with Crippen LogP contribution in [0.25, 0.3) is 0 Å². The Labute approximate surface area is 132 Å². The zero-order valence-electron chi connectivity index (χ0n) is 13.0. The van der Waals surface area contributed by atoms with E-state index in [2.05, 4.69) is 0 Å². The summed E-state index contributed by atoms with van der Waals surface area (Å²) in [6, 6.07) is 7.04. The molecule has 0 bridgehead atoms. The van der Waals surface area contributed by atoms with Gasteiger partial charge >= 0.3 is 0 Å². The largest absolute Gasteiger partial charge is 0.337 e. The Morgan fingerprint density at radius 3 is 2.14 bits per heavy atom. The molecule has 0 aliphatic carbocycles. The summed E-state index contributed by atoms with van der Waals surface area (Å²) in [7, 11) is -1.80. The van der Waals surface area contributed by atoms with Crippen molar-refractivity contribution in [1.82, 2.24) is 4.90 Å². The molecule has 1 amide bonds. The fourth-order valence-corrected chi connectivity index (χ4v) is 3.12. The van der Waals surface area contributed by atoms with Crippen LogP contribution in [-0.4, -0.2) is 37.8 Å². The van der Waals surface area contributed by atoms with Gasteiger partial charge in [-0.15, -0.1) is 0 Å². The Bertz CT molecular complexity index is 613. The lowest BCUT2D eigenvalue weighted by atomic mass is 9.94. The summed E-state index contributed by atoms with van der Waals surface area (Å²) in [6.45, 7) is 5.37. The monoisotopic (exact) mass is 331 g/mol. The van der Waals surface area contributed by atoms with Crippen molar-refractivity contribution in [3.63, 3.8) is 0 Å². The molecular weight excluding hydrogens is 310 g/mol. The van der Waals surface area contributed by atoms with Crippen molar-refractivity contribution in [3.05, 3.63) is 34.9 Å². The Morgan fingerprint density at radius 2 is 1.71 bits per heavy atom. The maximum Gasteiger partial charge on any atom is 0.240 e. The molecule has 0 saturated heterocycles. The van der Waals surface area contributed by atoms with E-state index >= 15 is 0 Å². The van der Waals surface area contributed by atoms with Crippen molar-refractivity contribution in [2.75, 3.05) is 13.3 Å². The molecule has 6 heteroatoms. The highest BCUT2D eigenvalue weighted by Gasteiger charge is 2.32. The van der Waals surface area contributed by atoms with Crippen LogP contribution in [0.3, 0.4) is 0 Å². The normalized spacial score (nSPS) is 14.8. The number of sulfone groups is 1. The molecule has 21 heavy (non-hydrogen) atoms. The lowest BCUT2D eigenvalue weighted by molar-refractivity contribution is -0.132. The van der Waals surface area contributed by atoms with E-state index in [1.54, 1.807) is 13.1 Å². The van der Waals surface area contributed by atoms with Gasteiger partial charge in [0.15, 0.2) is 9.84 Å². The average molecular weight is 332 g/mol. The van der Waals surface area contributed by atoms with Gasteiger partial charge in [0.05, 0.1) is 6.04 Å². The maximum atomic E-state index is 12.4. The van der Waals surface area contributed by atoms with E-state index in [9.17, 15) is 13.2 Å². The number of carbonyl (C=O) groups excluding carboxylic acids is 1. The fraction of sp³-hybridized carbons (Fsp3) is 0.533. The number of hydrogen-bond donors (Lipinski definition) is 0. The number of halogens is 1. The third-order valence-corrected chi connectivity index (χ3v) is 5.44. The minimum Gasteiger partial charge on any atom is -0.337 e. The third kappa shape index (κ3) is 4.20. The average Bonchev–Trinajstić information content (AvgIpc) is 2.38. The molecule has 2 atom stereocenters. The minimum absolute atomic E-state index is 0.102. The smallest absolute Gasteiger partial charge is 0.240 e. The molecule has 0 saturated carbocycles. The van der Waals surface area contributed by atoms with Crippen LogP contribution in [0.1, 0.15) is 32.4 Å². The zero-order valence-corrected chi connectivity index (χ0v) is 14.6. The van der Waals surface area contributed by atoms with Gasteiger partial charge in [-0.1, -0.05) is 43.6 Å². The van der Waals surface area contributed by atoms with Gasteiger partial charge in [-0.25, -0.2) is 8.42 Å². The lowest BCUT2D eigenvalue weighted by Gasteiger charge is -2.33. The third-order valence-electron chi connectivity index (χ3n) is 3.61. The zero-order chi connectivity index (χ0) is 16.4. The molecule has 0 aliphatic heterocycles. The Morgan fingerprint density at radius 1 is 1.19 bits per heavy atom. The molecule has 0 aliphatic rings. The predicted octanol–water partition coefficient (Wildman–Crippen LogP) is 2.93. The maximum absolute atomic E-state index is 12.4. The summed E-state index contributed by atoms with van der Waals surface area (Å²) >= 11 is 6.23. The second kappa shape index (κ2) is 6.79. The predicted molar refractivity (Wildman–Crippen MR) is 86.1 cm³/mol. The molecule has 0 aromatic heterocycles. The molecule has 1 rings (SSSR count). The first kappa shape index (κ1) is 18.0. The summed E-state index contributed by atoms with van der Waals surface area (Å²) < 4.78 is 23.2. The molecule has 0 heterocycles. The van der Waals surface area contributed by atoms with Crippen LogP contribution < -0.4 is 0 Å². The molecule has 0 fully saturated rings. The highest BCUT2D eigenvalue weighted by molar-refractivity contribution is 7.92. The van der Waals surface area contributed by atoms with Gasteiger partial charge < -0.3 is 4.90 Å². The van der Waals surface area contributed by atoms with Crippen molar-refractivity contribution in [3.8, 4) is 0 Å². The molecular formula is C15H22ClNO3S. The van der Waals surface area contributed by atoms with Gasteiger partial charge in [-0.2, -0.15) is 0 Å². The summed E-state index contributed by atoms with van der Waals surface area (Å²) in [6.07, 6.45) is 1.07. The Balaban J connectivity index is 3.19. The molecule has 4 nitrogen and oxygen atoms in total. The Kier molecular flexibility index (Phi) is 5.82. The van der Waals surface area contributed by atoms with Crippen LogP contribution in [0, 0.1) is 5.92 Å². The second-order valence-electron chi connectivity index (χ2n) is 5.63. The van der Waals surface area contributed by atoms with Crippen LogP contribution in [0.15, 0.2) is 24.3 Å². The first-order valence-corrected chi connectivity index (χ1v) is 9.10. The van der Waals surface area contributed by atoms with Gasteiger partial charge in [0, 0.05) is 18.3 Å². The van der Waals surface area contributed by atoms with Gasteiger partial charge in [0.2, 0.25) is 5.91 Å². The van der Waals surface area contributed by atoms with E-state index in [0.29, 0.717) is 5.02 Å². The molecule has 0 radical (unpaired) electrons. The van der Waals surface area contributed by atoms with E-state index in [1.807, 2.05) is 32.0 Å². The van der Waals surface area contributed by atoms with E-state index in [4.69, 9.17) is 11.6 Å². The SMILES string of the molecule is CC(C)[C@H](c1ccccc1Cl)N(C)C(=O)[C@@H](C)S(C)(=O)=O.